The Bertz CT molecular complexity index is 473. The standard InChI is InChI=1S/C11H10ClFN2S/c12-9-2-1-8(13)3-7(9)4-10(14)11-5-15-6-16-11/h1-3,5-6,10H,4,14H2. The molecule has 1 atom stereocenters. The maximum atomic E-state index is 13.0. The molecular weight excluding hydrogens is 247 g/mol. The van der Waals surface area contributed by atoms with E-state index < -0.39 is 0 Å². The van der Waals surface area contributed by atoms with Crippen molar-refractivity contribution in [1.29, 1.82) is 0 Å². The van der Waals surface area contributed by atoms with Gasteiger partial charge in [-0.25, -0.2) is 4.39 Å². The number of aromatic nitrogens is 1. The predicted octanol–water partition coefficient (Wildman–Crippen LogP) is 3.18. The number of rotatable bonds is 3. The summed E-state index contributed by atoms with van der Waals surface area (Å²) in [6, 6.07) is 4.12. The van der Waals surface area contributed by atoms with E-state index in [4.69, 9.17) is 17.3 Å². The molecule has 2 N–H and O–H groups in total. The molecule has 0 aliphatic rings. The Morgan fingerprint density at radius 3 is 3.00 bits per heavy atom. The highest BCUT2D eigenvalue weighted by atomic mass is 35.5. The van der Waals surface area contributed by atoms with Gasteiger partial charge in [-0.15, -0.1) is 11.3 Å². The van der Waals surface area contributed by atoms with Gasteiger partial charge in [-0.2, -0.15) is 0 Å². The fourth-order valence-electron chi connectivity index (χ4n) is 1.45. The van der Waals surface area contributed by atoms with Crippen molar-refractivity contribution in [2.45, 2.75) is 12.5 Å². The number of halogens is 2. The summed E-state index contributed by atoms with van der Waals surface area (Å²) in [5, 5.41) is 0.543. The molecule has 0 spiro atoms. The zero-order valence-corrected chi connectivity index (χ0v) is 9.93. The molecule has 16 heavy (non-hydrogen) atoms. The van der Waals surface area contributed by atoms with Gasteiger partial charge >= 0.3 is 0 Å². The lowest BCUT2D eigenvalue weighted by Gasteiger charge is -2.10. The van der Waals surface area contributed by atoms with Crippen molar-refractivity contribution in [3.63, 3.8) is 0 Å². The van der Waals surface area contributed by atoms with E-state index in [1.54, 1.807) is 17.8 Å². The number of thiazole rings is 1. The van der Waals surface area contributed by atoms with E-state index in [1.807, 2.05) is 0 Å². The monoisotopic (exact) mass is 256 g/mol. The van der Waals surface area contributed by atoms with Crippen molar-refractivity contribution >= 4 is 22.9 Å². The maximum absolute atomic E-state index is 13.0. The molecule has 0 bridgehead atoms. The topological polar surface area (TPSA) is 38.9 Å². The summed E-state index contributed by atoms with van der Waals surface area (Å²) in [6.07, 6.45) is 2.24. The van der Waals surface area contributed by atoms with Gasteiger partial charge in [0.2, 0.25) is 0 Å². The Hall–Kier alpha value is -0.970. The van der Waals surface area contributed by atoms with Crippen LogP contribution in [-0.2, 0) is 6.42 Å². The first-order valence-electron chi connectivity index (χ1n) is 4.74. The van der Waals surface area contributed by atoms with E-state index in [0.717, 1.165) is 10.4 Å². The van der Waals surface area contributed by atoms with Gasteiger partial charge in [0.25, 0.3) is 0 Å². The van der Waals surface area contributed by atoms with Crippen LogP contribution in [0, 0.1) is 5.82 Å². The van der Waals surface area contributed by atoms with E-state index in [0.29, 0.717) is 11.4 Å². The molecule has 0 aliphatic carbocycles. The average Bonchev–Trinajstić information content (AvgIpc) is 2.76. The zero-order chi connectivity index (χ0) is 11.5. The number of hydrogen-bond donors (Lipinski definition) is 1. The van der Waals surface area contributed by atoms with E-state index in [1.165, 1.54) is 23.5 Å². The number of benzene rings is 1. The Balaban J connectivity index is 2.17. The van der Waals surface area contributed by atoms with Crippen LogP contribution in [0.25, 0.3) is 0 Å². The molecule has 1 unspecified atom stereocenters. The summed E-state index contributed by atoms with van der Waals surface area (Å²) in [4.78, 5) is 4.93. The molecule has 2 nitrogen and oxygen atoms in total. The van der Waals surface area contributed by atoms with Crippen molar-refractivity contribution in [2.75, 3.05) is 0 Å². The highest BCUT2D eigenvalue weighted by molar-refractivity contribution is 7.09. The first kappa shape index (κ1) is 11.5. The minimum atomic E-state index is -0.295. The van der Waals surface area contributed by atoms with Gasteiger partial charge in [0.05, 0.1) is 5.51 Å². The molecule has 0 saturated carbocycles. The van der Waals surface area contributed by atoms with E-state index >= 15 is 0 Å². The fraction of sp³-hybridized carbons (Fsp3) is 0.182. The summed E-state index contributed by atoms with van der Waals surface area (Å²) >= 11 is 7.45. The summed E-state index contributed by atoms with van der Waals surface area (Å²) in [5.41, 5.74) is 8.43. The number of nitrogens with two attached hydrogens (primary N) is 1. The van der Waals surface area contributed by atoms with E-state index in [2.05, 4.69) is 4.98 Å². The van der Waals surface area contributed by atoms with Gasteiger partial charge in [-0.1, -0.05) is 11.6 Å². The van der Waals surface area contributed by atoms with Gasteiger partial charge in [-0.05, 0) is 30.2 Å². The minimum absolute atomic E-state index is 0.188. The predicted molar refractivity (Wildman–Crippen MR) is 64.2 cm³/mol. The van der Waals surface area contributed by atoms with Crippen molar-refractivity contribution < 1.29 is 4.39 Å². The van der Waals surface area contributed by atoms with Gasteiger partial charge in [0.1, 0.15) is 5.82 Å². The van der Waals surface area contributed by atoms with Gasteiger partial charge in [0, 0.05) is 22.1 Å². The first-order valence-corrected chi connectivity index (χ1v) is 6.00. The lowest BCUT2D eigenvalue weighted by molar-refractivity contribution is 0.622. The van der Waals surface area contributed by atoms with Crippen LogP contribution in [-0.4, -0.2) is 4.98 Å². The van der Waals surface area contributed by atoms with Crippen LogP contribution < -0.4 is 5.73 Å². The smallest absolute Gasteiger partial charge is 0.123 e. The molecule has 84 valence electrons. The molecule has 1 heterocycles. The van der Waals surface area contributed by atoms with Crippen molar-refractivity contribution in [3.05, 3.63) is 51.2 Å². The second-order valence-corrected chi connectivity index (χ2v) is 4.78. The van der Waals surface area contributed by atoms with Crippen LogP contribution >= 0.6 is 22.9 Å². The molecule has 2 aromatic rings. The highest BCUT2D eigenvalue weighted by Gasteiger charge is 2.11. The third-order valence-electron chi connectivity index (χ3n) is 2.26. The van der Waals surface area contributed by atoms with Gasteiger partial charge in [-0.3, -0.25) is 4.98 Å². The largest absolute Gasteiger partial charge is 0.323 e. The summed E-state index contributed by atoms with van der Waals surface area (Å²) in [5.74, 6) is -0.295. The van der Waals surface area contributed by atoms with Crippen LogP contribution in [0.2, 0.25) is 5.02 Å². The number of hydrogen-bond acceptors (Lipinski definition) is 3. The fourth-order valence-corrected chi connectivity index (χ4v) is 2.26. The molecular formula is C11H10ClFN2S. The van der Waals surface area contributed by atoms with Crippen LogP contribution in [0.4, 0.5) is 4.39 Å². The Morgan fingerprint density at radius 1 is 1.50 bits per heavy atom. The molecule has 0 aliphatic heterocycles. The molecule has 0 fully saturated rings. The van der Waals surface area contributed by atoms with Gasteiger partial charge < -0.3 is 5.73 Å². The molecule has 0 saturated heterocycles. The van der Waals surface area contributed by atoms with Crippen molar-refractivity contribution in [3.8, 4) is 0 Å². The second-order valence-electron chi connectivity index (χ2n) is 3.45. The van der Waals surface area contributed by atoms with Crippen molar-refractivity contribution in [1.82, 2.24) is 4.98 Å². The summed E-state index contributed by atoms with van der Waals surface area (Å²) < 4.78 is 13.0. The SMILES string of the molecule is NC(Cc1cc(F)ccc1Cl)c1cncs1. The highest BCUT2D eigenvalue weighted by Crippen LogP contribution is 2.24. The van der Waals surface area contributed by atoms with Gasteiger partial charge in [0.15, 0.2) is 0 Å². The van der Waals surface area contributed by atoms with E-state index in [-0.39, 0.29) is 11.9 Å². The molecule has 1 aromatic heterocycles. The van der Waals surface area contributed by atoms with Crippen molar-refractivity contribution in [2.24, 2.45) is 5.73 Å². The van der Waals surface area contributed by atoms with Crippen LogP contribution in [0.3, 0.4) is 0 Å². The lowest BCUT2D eigenvalue weighted by Crippen LogP contribution is -2.12. The van der Waals surface area contributed by atoms with Crippen LogP contribution in [0.15, 0.2) is 29.9 Å². The quantitative estimate of drug-likeness (QED) is 0.916. The Labute approximate surface area is 102 Å². The normalized spacial score (nSPS) is 12.7. The zero-order valence-electron chi connectivity index (χ0n) is 8.36. The molecule has 0 radical (unpaired) electrons. The Morgan fingerprint density at radius 2 is 2.31 bits per heavy atom. The number of nitrogens with zero attached hydrogens (tertiary/aromatic N) is 1. The molecule has 2 rings (SSSR count). The molecule has 0 amide bonds. The van der Waals surface area contributed by atoms with Crippen LogP contribution in [0.5, 0.6) is 0 Å². The third kappa shape index (κ3) is 2.58. The average molecular weight is 257 g/mol. The Kier molecular flexibility index (Phi) is 3.53. The van der Waals surface area contributed by atoms with E-state index in [9.17, 15) is 4.39 Å². The second kappa shape index (κ2) is 4.91. The molecule has 5 heteroatoms. The maximum Gasteiger partial charge on any atom is 0.123 e. The third-order valence-corrected chi connectivity index (χ3v) is 3.54. The molecule has 1 aromatic carbocycles. The van der Waals surface area contributed by atoms with Crippen LogP contribution in [0.1, 0.15) is 16.5 Å². The lowest BCUT2D eigenvalue weighted by atomic mass is 10.1. The first-order chi connectivity index (χ1) is 7.66. The summed E-state index contributed by atoms with van der Waals surface area (Å²) in [6.45, 7) is 0. The minimum Gasteiger partial charge on any atom is -0.323 e. The summed E-state index contributed by atoms with van der Waals surface area (Å²) in [7, 11) is 0.